The van der Waals surface area contributed by atoms with Crippen LogP contribution < -0.4 is 10.6 Å². The third-order valence-corrected chi connectivity index (χ3v) is 6.69. The van der Waals surface area contributed by atoms with E-state index in [0.717, 1.165) is 16.7 Å². The monoisotopic (exact) mass is 476 g/mol. The summed E-state index contributed by atoms with van der Waals surface area (Å²) in [6, 6.07) is 14.9. The molecule has 8 nitrogen and oxygen atoms in total. The molecule has 4 amide bonds. The zero-order valence-electron chi connectivity index (χ0n) is 20.2. The van der Waals surface area contributed by atoms with Gasteiger partial charge in [-0.1, -0.05) is 60.2 Å². The molecule has 0 saturated carbocycles. The van der Waals surface area contributed by atoms with Crippen LogP contribution in [-0.2, 0) is 32.0 Å². The first-order valence-electron chi connectivity index (χ1n) is 12.1. The van der Waals surface area contributed by atoms with E-state index in [-0.39, 0.29) is 24.8 Å². The number of nitrogens with zero attached hydrogens (tertiary/aromatic N) is 2. The lowest BCUT2D eigenvalue weighted by Crippen LogP contribution is -2.60. The molecule has 2 heterocycles. The van der Waals surface area contributed by atoms with E-state index in [2.05, 4.69) is 10.6 Å². The van der Waals surface area contributed by atoms with Gasteiger partial charge in [0.1, 0.15) is 18.1 Å². The molecule has 2 aliphatic heterocycles. The van der Waals surface area contributed by atoms with Crippen LogP contribution in [0.3, 0.4) is 0 Å². The molecule has 2 saturated heterocycles. The van der Waals surface area contributed by atoms with Crippen LogP contribution in [0.5, 0.6) is 0 Å². The van der Waals surface area contributed by atoms with Crippen LogP contribution >= 0.6 is 0 Å². The molecule has 0 aliphatic carbocycles. The highest BCUT2D eigenvalue weighted by Crippen LogP contribution is 2.22. The molecule has 0 aromatic heterocycles. The maximum Gasteiger partial charge on any atom is 0.246 e. The summed E-state index contributed by atoms with van der Waals surface area (Å²) in [6.45, 7) is 2.25. The molecule has 2 N–H and O–H groups in total. The van der Waals surface area contributed by atoms with Crippen molar-refractivity contribution in [2.24, 2.45) is 0 Å². The van der Waals surface area contributed by atoms with Gasteiger partial charge < -0.3 is 20.4 Å². The van der Waals surface area contributed by atoms with Crippen molar-refractivity contribution in [3.63, 3.8) is 0 Å². The Bertz CT molecular complexity index is 1090. The molecule has 2 aromatic carbocycles. The summed E-state index contributed by atoms with van der Waals surface area (Å²) in [6.07, 6.45) is 1.81. The SMILES string of the molecule is Cc1ccc(C[C@@H]2NC(=O)CN(C)C(=O)[C@@H]3CCCN3C(=O)[C@@H](Cc3ccccc3)NC2=O)cc1. The Hall–Kier alpha value is -3.68. The largest absolute Gasteiger partial charge is 0.342 e. The average Bonchev–Trinajstić information content (AvgIpc) is 3.33. The third-order valence-electron chi connectivity index (χ3n) is 6.69. The van der Waals surface area contributed by atoms with Crippen LogP contribution in [0.15, 0.2) is 54.6 Å². The lowest BCUT2D eigenvalue weighted by Gasteiger charge is -2.33. The Morgan fingerprint density at radius 1 is 0.829 bits per heavy atom. The molecule has 0 bridgehead atoms. The summed E-state index contributed by atoms with van der Waals surface area (Å²) in [7, 11) is 1.56. The molecule has 35 heavy (non-hydrogen) atoms. The first-order valence-corrected chi connectivity index (χ1v) is 12.1. The van der Waals surface area contributed by atoms with Gasteiger partial charge >= 0.3 is 0 Å². The predicted molar refractivity (Wildman–Crippen MR) is 131 cm³/mol. The number of likely N-dealkylation sites (N-methyl/N-ethyl adjacent to an activating group) is 1. The second kappa shape index (κ2) is 10.7. The smallest absolute Gasteiger partial charge is 0.246 e. The number of carbonyl (C=O) groups excluding carboxylic acids is 4. The van der Waals surface area contributed by atoms with E-state index in [9.17, 15) is 19.2 Å². The van der Waals surface area contributed by atoms with Gasteiger partial charge in [-0.05, 0) is 30.9 Å². The normalized spacial score (nSPS) is 23.8. The fourth-order valence-electron chi connectivity index (χ4n) is 4.77. The zero-order chi connectivity index (χ0) is 24.9. The highest BCUT2D eigenvalue weighted by atomic mass is 16.2. The summed E-state index contributed by atoms with van der Waals surface area (Å²) in [5.74, 6) is -1.36. The van der Waals surface area contributed by atoms with Crippen molar-refractivity contribution in [2.75, 3.05) is 20.1 Å². The second-order valence-electron chi connectivity index (χ2n) is 9.44. The highest BCUT2D eigenvalue weighted by Gasteiger charge is 2.40. The minimum atomic E-state index is -0.881. The van der Waals surface area contributed by atoms with Gasteiger partial charge in [0.25, 0.3) is 0 Å². The maximum atomic E-state index is 13.7. The van der Waals surface area contributed by atoms with Crippen molar-refractivity contribution < 1.29 is 19.2 Å². The summed E-state index contributed by atoms with van der Waals surface area (Å²) < 4.78 is 0. The highest BCUT2D eigenvalue weighted by molar-refractivity contribution is 5.97. The summed E-state index contributed by atoms with van der Waals surface area (Å²) in [5, 5.41) is 5.69. The van der Waals surface area contributed by atoms with Crippen LogP contribution in [0, 0.1) is 6.92 Å². The lowest BCUT2D eigenvalue weighted by molar-refractivity contribution is -0.147. The Labute approximate surface area is 205 Å². The fourth-order valence-corrected chi connectivity index (χ4v) is 4.77. The summed E-state index contributed by atoms with van der Waals surface area (Å²) >= 11 is 0. The number of carbonyl (C=O) groups is 4. The Balaban J connectivity index is 1.66. The molecule has 2 aromatic rings. The maximum absolute atomic E-state index is 13.7. The van der Waals surface area contributed by atoms with E-state index >= 15 is 0 Å². The number of hydrogen-bond acceptors (Lipinski definition) is 4. The van der Waals surface area contributed by atoms with E-state index in [1.165, 1.54) is 4.90 Å². The van der Waals surface area contributed by atoms with Crippen molar-refractivity contribution in [3.8, 4) is 0 Å². The van der Waals surface area contributed by atoms with Gasteiger partial charge in [-0.25, -0.2) is 0 Å². The van der Waals surface area contributed by atoms with E-state index in [0.29, 0.717) is 25.8 Å². The van der Waals surface area contributed by atoms with Gasteiger partial charge in [0.05, 0.1) is 6.54 Å². The first-order chi connectivity index (χ1) is 16.8. The molecule has 0 unspecified atom stereocenters. The Morgan fingerprint density at radius 2 is 1.49 bits per heavy atom. The lowest BCUT2D eigenvalue weighted by atomic mass is 10.0. The van der Waals surface area contributed by atoms with E-state index in [4.69, 9.17) is 0 Å². The molecule has 0 spiro atoms. The molecule has 8 heteroatoms. The van der Waals surface area contributed by atoms with E-state index in [1.54, 1.807) is 11.9 Å². The number of aryl methyl sites for hydroxylation is 1. The van der Waals surface area contributed by atoms with Crippen molar-refractivity contribution in [3.05, 3.63) is 71.3 Å². The Kier molecular flexibility index (Phi) is 7.48. The van der Waals surface area contributed by atoms with E-state index in [1.807, 2.05) is 61.5 Å². The topological polar surface area (TPSA) is 98.8 Å². The van der Waals surface area contributed by atoms with Crippen molar-refractivity contribution in [2.45, 2.75) is 50.7 Å². The molecule has 2 aliphatic rings. The van der Waals surface area contributed by atoms with Gasteiger partial charge in [0.15, 0.2) is 0 Å². The van der Waals surface area contributed by atoms with Gasteiger partial charge in [0.2, 0.25) is 23.6 Å². The average molecular weight is 477 g/mol. The predicted octanol–water partition coefficient (Wildman–Crippen LogP) is 1.21. The van der Waals surface area contributed by atoms with Crippen molar-refractivity contribution in [1.29, 1.82) is 0 Å². The first kappa shape index (κ1) is 24.4. The van der Waals surface area contributed by atoms with Crippen LogP contribution in [0.2, 0.25) is 0 Å². The molecule has 0 radical (unpaired) electrons. The van der Waals surface area contributed by atoms with Gasteiger partial charge in [-0.2, -0.15) is 0 Å². The van der Waals surface area contributed by atoms with Crippen molar-refractivity contribution >= 4 is 23.6 Å². The second-order valence-corrected chi connectivity index (χ2v) is 9.44. The van der Waals surface area contributed by atoms with Crippen LogP contribution in [0.4, 0.5) is 0 Å². The van der Waals surface area contributed by atoms with Crippen molar-refractivity contribution in [1.82, 2.24) is 20.4 Å². The summed E-state index contributed by atoms with van der Waals surface area (Å²) in [4.78, 5) is 56.0. The molecular weight excluding hydrogens is 444 g/mol. The Morgan fingerprint density at radius 3 is 2.20 bits per heavy atom. The van der Waals surface area contributed by atoms with E-state index < -0.39 is 29.9 Å². The minimum absolute atomic E-state index is 0.178. The van der Waals surface area contributed by atoms with Crippen LogP contribution in [0.25, 0.3) is 0 Å². The van der Waals surface area contributed by atoms with Crippen LogP contribution in [0.1, 0.15) is 29.5 Å². The van der Waals surface area contributed by atoms with Gasteiger partial charge in [-0.3, -0.25) is 19.2 Å². The molecule has 184 valence electrons. The van der Waals surface area contributed by atoms with Crippen LogP contribution in [-0.4, -0.2) is 71.7 Å². The third kappa shape index (κ3) is 5.88. The number of benzene rings is 2. The molecular formula is C27H32N4O4. The number of hydrogen-bond donors (Lipinski definition) is 2. The molecule has 3 atom stereocenters. The zero-order valence-corrected chi connectivity index (χ0v) is 20.2. The molecule has 2 fully saturated rings. The quantitative estimate of drug-likeness (QED) is 0.693. The van der Waals surface area contributed by atoms with Gasteiger partial charge in [0, 0.05) is 26.4 Å². The summed E-state index contributed by atoms with van der Waals surface area (Å²) in [5.41, 5.74) is 2.88. The standard InChI is InChI=1S/C27H32N4O4/c1-18-10-12-20(13-11-18)15-21-25(33)29-22(16-19-7-4-3-5-8-19)26(34)31-14-6-9-23(31)27(35)30(2)17-24(32)28-21/h3-5,7-8,10-13,21-23H,6,9,14-17H2,1-2H3,(H,28,32)(H,29,33)/t21-,22+,23-/m0/s1. The number of amides is 4. The number of rotatable bonds is 4. The minimum Gasteiger partial charge on any atom is -0.342 e. The van der Waals surface area contributed by atoms with Gasteiger partial charge in [-0.15, -0.1) is 0 Å². The fraction of sp³-hybridized carbons (Fsp3) is 0.407. The molecule has 4 rings (SSSR count). The number of fused-ring (bicyclic) bond motifs is 1. The number of nitrogens with one attached hydrogen (secondary N) is 2.